The van der Waals surface area contributed by atoms with E-state index in [0.29, 0.717) is 5.92 Å². The zero-order chi connectivity index (χ0) is 11.3. The molecule has 16 heavy (non-hydrogen) atoms. The molecule has 2 unspecified atom stereocenters. The lowest BCUT2D eigenvalue weighted by Gasteiger charge is -2.23. The van der Waals surface area contributed by atoms with E-state index in [9.17, 15) is 0 Å². The summed E-state index contributed by atoms with van der Waals surface area (Å²) in [6, 6.07) is 0. The molecule has 0 fully saturated rings. The van der Waals surface area contributed by atoms with Gasteiger partial charge in [0.2, 0.25) is 4.96 Å². The van der Waals surface area contributed by atoms with Crippen LogP contribution in [0.5, 0.6) is 0 Å². The van der Waals surface area contributed by atoms with Gasteiger partial charge in [-0.15, -0.1) is 0 Å². The van der Waals surface area contributed by atoms with E-state index in [2.05, 4.69) is 30.4 Å². The molecule has 0 spiro atoms. The van der Waals surface area contributed by atoms with Crippen molar-refractivity contribution >= 4 is 16.3 Å². The molecule has 2 heterocycles. The van der Waals surface area contributed by atoms with Gasteiger partial charge in [-0.2, -0.15) is 5.10 Å². The quantitative estimate of drug-likeness (QED) is 0.760. The fourth-order valence-corrected chi connectivity index (χ4v) is 3.62. The van der Waals surface area contributed by atoms with Crippen molar-refractivity contribution in [2.75, 3.05) is 0 Å². The van der Waals surface area contributed by atoms with Crippen molar-refractivity contribution in [3.8, 4) is 0 Å². The highest BCUT2D eigenvalue weighted by molar-refractivity contribution is 7.16. The van der Waals surface area contributed by atoms with Crippen molar-refractivity contribution in [3.05, 3.63) is 16.4 Å². The van der Waals surface area contributed by atoms with Gasteiger partial charge in [-0.05, 0) is 25.2 Å². The molecule has 0 amide bonds. The first-order valence-corrected chi connectivity index (χ1v) is 6.88. The molecule has 3 nitrogen and oxygen atoms in total. The number of hydrogen-bond donors (Lipinski definition) is 0. The molecule has 0 aliphatic heterocycles. The Morgan fingerprint density at radius 1 is 1.44 bits per heavy atom. The van der Waals surface area contributed by atoms with Crippen LogP contribution >= 0.6 is 11.3 Å². The van der Waals surface area contributed by atoms with Gasteiger partial charge in [-0.3, -0.25) is 0 Å². The lowest BCUT2D eigenvalue weighted by Crippen LogP contribution is -2.16. The van der Waals surface area contributed by atoms with Crippen LogP contribution < -0.4 is 0 Å². The molecule has 0 bridgehead atoms. The SMILES string of the molecule is CCc1nn2c3c(nc2s1)CC(C)CC3C. The molecule has 1 aliphatic rings. The second-order valence-corrected chi connectivity index (χ2v) is 5.97. The summed E-state index contributed by atoms with van der Waals surface area (Å²) in [5.74, 6) is 1.36. The minimum absolute atomic E-state index is 0.598. The highest BCUT2D eigenvalue weighted by Crippen LogP contribution is 2.35. The van der Waals surface area contributed by atoms with Crippen LogP contribution in [0.2, 0.25) is 0 Å². The molecule has 1 aliphatic carbocycles. The number of fused-ring (bicyclic) bond motifs is 3. The summed E-state index contributed by atoms with van der Waals surface area (Å²) >= 11 is 1.73. The maximum atomic E-state index is 4.74. The maximum absolute atomic E-state index is 4.74. The minimum Gasteiger partial charge on any atom is -0.222 e. The van der Waals surface area contributed by atoms with E-state index in [4.69, 9.17) is 4.98 Å². The van der Waals surface area contributed by atoms with Gasteiger partial charge in [0.25, 0.3) is 0 Å². The van der Waals surface area contributed by atoms with Crippen LogP contribution in [-0.4, -0.2) is 14.6 Å². The first kappa shape index (κ1) is 10.3. The molecule has 86 valence electrons. The second-order valence-electron chi connectivity index (χ2n) is 4.93. The van der Waals surface area contributed by atoms with Gasteiger partial charge >= 0.3 is 0 Å². The summed E-state index contributed by atoms with van der Waals surface area (Å²) in [4.78, 5) is 5.83. The second kappa shape index (κ2) is 3.55. The Morgan fingerprint density at radius 3 is 3.00 bits per heavy atom. The largest absolute Gasteiger partial charge is 0.222 e. The Labute approximate surface area is 99.5 Å². The third-order valence-electron chi connectivity index (χ3n) is 3.42. The minimum atomic E-state index is 0.598. The standard InChI is InChI=1S/C12H17N3S/c1-4-10-14-15-11-8(3)5-7(2)6-9(11)13-12(15)16-10/h7-8H,4-6H2,1-3H3. The Hall–Kier alpha value is -0.900. The van der Waals surface area contributed by atoms with E-state index in [1.54, 1.807) is 11.3 Å². The molecule has 3 rings (SSSR count). The van der Waals surface area contributed by atoms with Crippen LogP contribution in [0, 0.1) is 5.92 Å². The number of rotatable bonds is 1. The maximum Gasteiger partial charge on any atom is 0.212 e. The molecule has 0 aromatic carbocycles. The summed E-state index contributed by atoms with van der Waals surface area (Å²) in [7, 11) is 0. The normalized spacial score (nSPS) is 24.9. The van der Waals surface area contributed by atoms with Gasteiger partial charge in [-0.25, -0.2) is 9.50 Å². The van der Waals surface area contributed by atoms with Crippen molar-refractivity contribution in [1.82, 2.24) is 14.6 Å². The topological polar surface area (TPSA) is 30.2 Å². The van der Waals surface area contributed by atoms with Gasteiger partial charge in [0, 0.05) is 5.92 Å². The van der Waals surface area contributed by atoms with Crippen LogP contribution in [0.15, 0.2) is 0 Å². The summed E-state index contributed by atoms with van der Waals surface area (Å²) in [6.07, 6.45) is 3.39. The summed E-state index contributed by atoms with van der Waals surface area (Å²) in [5.41, 5.74) is 2.65. The van der Waals surface area contributed by atoms with Crippen LogP contribution in [0.3, 0.4) is 0 Å². The molecule has 2 atom stereocenters. The van der Waals surface area contributed by atoms with Crippen LogP contribution in [0.25, 0.3) is 4.96 Å². The molecule has 0 radical (unpaired) electrons. The molecular weight excluding hydrogens is 218 g/mol. The Morgan fingerprint density at radius 2 is 2.25 bits per heavy atom. The summed E-state index contributed by atoms with van der Waals surface area (Å²) < 4.78 is 2.09. The molecule has 4 heteroatoms. The van der Waals surface area contributed by atoms with Gasteiger partial charge in [0.15, 0.2) is 0 Å². The van der Waals surface area contributed by atoms with E-state index in [-0.39, 0.29) is 0 Å². The van der Waals surface area contributed by atoms with Crippen molar-refractivity contribution < 1.29 is 0 Å². The fourth-order valence-electron chi connectivity index (χ4n) is 2.76. The molecular formula is C12H17N3S. The number of nitrogens with zero attached hydrogens (tertiary/aromatic N) is 3. The van der Waals surface area contributed by atoms with Crippen molar-refractivity contribution in [2.45, 2.75) is 46.0 Å². The van der Waals surface area contributed by atoms with Crippen LogP contribution in [-0.2, 0) is 12.8 Å². The molecule has 0 saturated carbocycles. The summed E-state index contributed by atoms with van der Waals surface area (Å²) in [6.45, 7) is 6.77. The number of hydrogen-bond acceptors (Lipinski definition) is 3. The third kappa shape index (κ3) is 1.39. The number of aromatic nitrogens is 3. The zero-order valence-corrected chi connectivity index (χ0v) is 10.8. The van der Waals surface area contributed by atoms with E-state index in [1.807, 2.05) is 0 Å². The zero-order valence-electron chi connectivity index (χ0n) is 10.0. The first-order valence-electron chi connectivity index (χ1n) is 6.06. The van der Waals surface area contributed by atoms with Gasteiger partial charge in [0.05, 0.1) is 11.4 Å². The van der Waals surface area contributed by atoms with E-state index in [1.165, 1.54) is 22.8 Å². The van der Waals surface area contributed by atoms with Gasteiger partial charge in [-0.1, -0.05) is 32.1 Å². The van der Waals surface area contributed by atoms with Crippen LogP contribution in [0.4, 0.5) is 0 Å². The van der Waals surface area contributed by atoms with Gasteiger partial charge in [0.1, 0.15) is 5.01 Å². The summed E-state index contributed by atoms with van der Waals surface area (Å²) in [5, 5.41) is 5.84. The van der Waals surface area contributed by atoms with Crippen LogP contribution in [0.1, 0.15) is 49.5 Å². The Kier molecular flexibility index (Phi) is 2.28. The van der Waals surface area contributed by atoms with E-state index < -0.39 is 0 Å². The fraction of sp³-hybridized carbons (Fsp3) is 0.667. The first-order chi connectivity index (χ1) is 7.69. The Bertz CT molecular complexity index is 526. The monoisotopic (exact) mass is 235 g/mol. The molecule has 0 saturated heterocycles. The molecule has 0 N–H and O–H groups in total. The lowest BCUT2D eigenvalue weighted by atomic mass is 9.84. The Balaban J connectivity index is 2.18. The van der Waals surface area contributed by atoms with Crippen molar-refractivity contribution in [2.24, 2.45) is 5.92 Å². The lowest BCUT2D eigenvalue weighted by molar-refractivity contribution is 0.434. The van der Waals surface area contributed by atoms with E-state index in [0.717, 1.165) is 23.7 Å². The molecule has 2 aromatic rings. The average Bonchev–Trinajstić information content (AvgIpc) is 2.72. The van der Waals surface area contributed by atoms with Crippen molar-refractivity contribution in [1.29, 1.82) is 0 Å². The highest BCUT2D eigenvalue weighted by atomic mass is 32.1. The van der Waals surface area contributed by atoms with Gasteiger partial charge < -0.3 is 0 Å². The average molecular weight is 235 g/mol. The molecule has 2 aromatic heterocycles. The highest BCUT2D eigenvalue weighted by Gasteiger charge is 2.27. The smallest absolute Gasteiger partial charge is 0.212 e. The predicted molar refractivity (Wildman–Crippen MR) is 66.1 cm³/mol. The van der Waals surface area contributed by atoms with Crippen molar-refractivity contribution in [3.63, 3.8) is 0 Å². The number of imidazole rings is 1. The third-order valence-corrected chi connectivity index (χ3v) is 4.48. The number of aryl methyl sites for hydroxylation is 1. The van der Waals surface area contributed by atoms with E-state index >= 15 is 0 Å². The predicted octanol–water partition coefficient (Wildman–Crippen LogP) is 3.04.